The maximum absolute atomic E-state index is 13.9. The molecule has 2 bridgehead atoms. The summed E-state index contributed by atoms with van der Waals surface area (Å²) in [6.07, 6.45) is 10.1. The molecular formula is C22H39NO2S. The Morgan fingerprint density at radius 3 is 2.31 bits per heavy atom. The molecule has 4 heteroatoms. The Balaban J connectivity index is 1.95. The number of aliphatic hydroxyl groups excluding tert-OH is 1. The van der Waals surface area contributed by atoms with E-state index in [1.165, 1.54) is 44.9 Å². The fourth-order valence-corrected chi connectivity index (χ4v) is 8.74. The largest absolute Gasteiger partial charge is 0.391 e. The van der Waals surface area contributed by atoms with Gasteiger partial charge < -0.3 is 10.0 Å². The number of thioether (sulfide) groups is 1. The van der Waals surface area contributed by atoms with Gasteiger partial charge in [-0.3, -0.25) is 4.79 Å². The van der Waals surface area contributed by atoms with Gasteiger partial charge in [0, 0.05) is 22.1 Å². The highest BCUT2D eigenvalue weighted by atomic mass is 32.2. The average molecular weight is 382 g/mol. The second kappa shape index (κ2) is 7.31. The standard InChI is InChI=1S/C22H39NO2S/c1-6-16-14-17(24)15-23(16)19(25)18(20(3,4)5)22-12-8-10-21(7-2,26-22)11-9-13-22/h16-18,24H,6-15H2,1-5H3/t16-,17?,18?,21?,22?/m1/s1. The van der Waals surface area contributed by atoms with Gasteiger partial charge in [-0.2, -0.15) is 0 Å². The van der Waals surface area contributed by atoms with Crippen LogP contribution in [0.3, 0.4) is 0 Å². The highest BCUT2D eigenvalue weighted by molar-refractivity contribution is 8.02. The van der Waals surface area contributed by atoms with Gasteiger partial charge in [0.25, 0.3) is 0 Å². The van der Waals surface area contributed by atoms with Crippen LogP contribution >= 0.6 is 11.8 Å². The Morgan fingerprint density at radius 1 is 1.19 bits per heavy atom. The van der Waals surface area contributed by atoms with Crippen molar-refractivity contribution in [2.24, 2.45) is 11.3 Å². The van der Waals surface area contributed by atoms with E-state index < -0.39 is 0 Å². The summed E-state index contributed by atoms with van der Waals surface area (Å²) in [6, 6.07) is 0.215. The number of nitrogens with zero attached hydrogens (tertiary/aromatic N) is 1. The molecular weight excluding hydrogens is 342 g/mol. The number of rotatable bonds is 4. The summed E-state index contributed by atoms with van der Waals surface area (Å²) in [5, 5.41) is 10.2. The number of hydrogen-bond donors (Lipinski definition) is 1. The van der Waals surface area contributed by atoms with Crippen molar-refractivity contribution in [2.75, 3.05) is 6.54 Å². The molecule has 1 N–H and O–H groups in total. The molecule has 26 heavy (non-hydrogen) atoms. The van der Waals surface area contributed by atoms with E-state index in [9.17, 15) is 9.90 Å². The van der Waals surface area contributed by atoms with Crippen LogP contribution in [0.2, 0.25) is 0 Å². The average Bonchev–Trinajstić information content (AvgIpc) is 2.94. The summed E-state index contributed by atoms with van der Waals surface area (Å²) in [7, 11) is 0. The van der Waals surface area contributed by atoms with E-state index >= 15 is 0 Å². The zero-order chi connectivity index (χ0) is 19.2. The molecule has 0 radical (unpaired) electrons. The van der Waals surface area contributed by atoms with Crippen LogP contribution in [-0.2, 0) is 4.79 Å². The van der Waals surface area contributed by atoms with Crippen molar-refractivity contribution < 1.29 is 9.90 Å². The van der Waals surface area contributed by atoms with E-state index in [2.05, 4.69) is 46.4 Å². The molecule has 1 amide bonds. The van der Waals surface area contributed by atoms with Gasteiger partial charge in [0.2, 0.25) is 5.91 Å². The normalized spacial score (nSPS) is 39.1. The van der Waals surface area contributed by atoms with Crippen molar-refractivity contribution in [3.8, 4) is 0 Å². The van der Waals surface area contributed by atoms with Crippen molar-refractivity contribution in [1.82, 2.24) is 4.90 Å². The lowest BCUT2D eigenvalue weighted by atomic mass is 9.66. The fraction of sp³-hybridized carbons (Fsp3) is 0.955. The Morgan fingerprint density at radius 2 is 1.81 bits per heavy atom. The van der Waals surface area contributed by atoms with E-state index in [1.54, 1.807) is 0 Å². The molecule has 3 heterocycles. The quantitative estimate of drug-likeness (QED) is 0.744. The number of carbonyl (C=O) groups is 1. The van der Waals surface area contributed by atoms with Gasteiger partial charge in [-0.25, -0.2) is 0 Å². The molecule has 3 nitrogen and oxygen atoms in total. The van der Waals surface area contributed by atoms with Crippen LogP contribution in [0.15, 0.2) is 0 Å². The Kier molecular flexibility index (Phi) is 5.77. The van der Waals surface area contributed by atoms with Crippen LogP contribution in [0, 0.1) is 11.3 Å². The Bertz CT molecular complexity index is 517. The summed E-state index contributed by atoms with van der Waals surface area (Å²) < 4.78 is 0.489. The second-order valence-corrected chi connectivity index (χ2v) is 12.0. The fourth-order valence-electron chi connectivity index (χ4n) is 6.18. The van der Waals surface area contributed by atoms with Gasteiger partial charge in [0.15, 0.2) is 0 Å². The number of aliphatic hydroxyl groups is 1. The third-order valence-electron chi connectivity index (χ3n) is 7.31. The Hall–Kier alpha value is -0.220. The lowest BCUT2D eigenvalue weighted by Crippen LogP contribution is -2.57. The van der Waals surface area contributed by atoms with Crippen molar-refractivity contribution in [1.29, 1.82) is 0 Å². The second-order valence-electron chi connectivity index (χ2n) is 10.2. The highest BCUT2D eigenvalue weighted by Crippen LogP contribution is 2.63. The topological polar surface area (TPSA) is 40.5 Å². The number of fused-ring (bicyclic) bond motifs is 2. The first kappa shape index (κ1) is 20.5. The van der Waals surface area contributed by atoms with Crippen LogP contribution in [0.4, 0.5) is 0 Å². The maximum atomic E-state index is 13.9. The van der Waals surface area contributed by atoms with Crippen molar-refractivity contribution in [3.05, 3.63) is 0 Å². The zero-order valence-electron chi connectivity index (χ0n) is 17.5. The van der Waals surface area contributed by atoms with Crippen LogP contribution in [0.25, 0.3) is 0 Å². The molecule has 3 aliphatic rings. The summed E-state index contributed by atoms with van der Waals surface area (Å²) in [5.41, 5.74) is -0.0515. The third kappa shape index (κ3) is 3.57. The lowest BCUT2D eigenvalue weighted by Gasteiger charge is -2.57. The van der Waals surface area contributed by atoms with E-state index in [0.717, 1.165) is 12.8 Å². The summed E-state index contributed by atoms with van der Waals surface area (Å²) >= 11 is 2.19. The van der Waals surface area contributed by atoms with Crippen LogP contribution in [-0.4, -0.2) is 44.1 Å². The van der Waals surface area contributed by atoms with E-state index in [1.807, 2.05) is 4.90 Å². The molecule has 0 aliphatic carbocycles. The minimum absolute atomic E-state index is 0.0471. The van der Waals surface area contributed by atoms with Gasteiger partial charge in [-0.1, -0.05) is 47.5 Å². The van der Waals surface area contributed by atoms with Crippen molar-refractivity contribution in [2.45, 2.75) is 114 Å². The van der Waals surface area contributed by atoms with Crippen molar-refractivity contribution >= 4 is 17.7 Å². The molecule has 0 aromatic heterocycles. The predicted molar refractivity (Wildman–Crippen MR) is 110 cm³/mol. The summed E-state index contributed by atoms with van der Waals surface area (Å²) in [6.45, 7) is 11.8. The first-order chi connectivity index (χ1) is 12.2. The number of likely N-dealkylation sites (tertiary alicyclic amines) is 1. The third-order valence-corrected chi connectivity index (χ3v) is 9.49. The lowest BCUT2D eigenvalue weighted by molar-refractivity contribution is -0.142. The summed E-state index contributed by atoms with van der Waals surface area (Å²) in [5.74, 6) is 0.369. The molecule has 3 aliphatic heterocycles. The number of carbonyl (C=O) groups excluding carboxylic acids is 1. The smallest absolute Gasteiger partial charge is 0.227 e. The summed E-state index contributed by atoms with van der Waals surface area (Å²) in [4.78, 5) is 15.9. The first-order valence-corrected chi connectivity index (χ1v) is 11.7. The number of β-amino-alcohol motifs (C(OH)–C–C–N with tert-alkyl or cyclic N) is 1. The predicted octanol–water partition coefficient (Wildman–Crippen LogP) is 5.01. The molecule has 2 unspecified atom stereocenters. The molecule has 0 spiro atoms. The molecule has 3 fully saturated rings. The van der Waals surface area contributed by atoms with Gasteiger partial charge in [0.1, 0.15) is 0 Å². The molecule has 0 saturated carbocycles. The number of hydrogen-bond acceptors (Lipinski definition) is 3. The molecule has 3 rings (SSSR count). The first-order valence-electron chi connectivity index (χ1n) is 10.8. The van der Waals surface area contributed by atoms with E-state index in [0.29, 0.717) is 17.2 Å². The minimum atomic E-state index is -0.345. The highest BCUT2D eigenvalue weighted by Gasteiger charge is 2.57. The maximum Gasteiger partial charge on any atom is 0.227 e. The van der Waals surface area contributed by atoms with Crippen LogP contribution in [0.5, 0.6) is 0 Å². The Labute approximate surface area is 164 Å². The van der Waals surface area contributed by atoms with E-state index in [4.69, 9.17) is 0 Å². The molecule has 3 saturated heterocycles. The zero-order valence-corrected chi connectivity index (χ0v) is 18.3. The monoisotopic (exact) mass is 381 g/mol. The molecule has 0 aromatic carbocycles. The van der Waals surface area contributed by atoms with Crippen LogP contribution in [0.1, 0.15) is 92.4 Å². The van der Waals surface area contributed by atoms with Gasteiger partial charge in [-0.05, 0) is 50.4 Å². The van der Waals surface area contributed by atoms with Gasteiger partial charge >= 0.3 is 0 Å². The minimum Gasteiger partial charge on any atom is -0.391 e. The molecule has 0 aromatic rings. The molecule has 150 valence electrons. The van der Waals surface area contributed by atoms with E-state index in [-0.39, 0.29) is 28.2 Å². The SMILES string of the molecule is CC[C@@H]1CC(O)CN1C(=O)C(C(C)(C)C)C12CCCC(CC)(CCC1)S2. The van der Waals surface area contributed by atoms with Crippen molar-refractivity contribution in [3.63, 3.8) is 0 Å². The number of amides is 1. The van der Waals surface area contributed by atoms with Gasteiger partial charge in [0.05, 0.1) is 12.0 Å². The molecule has 3 atom stereocenters. The van der Waals surface area contributed by atoms with Crippen LogP contribution < -0.4 is 0 Å². The van der Waals surface area contributed by atoms with Gasteiger partial charge in [-0.15, -0.1) is 11.8 Å².